The fourth-order valence-corrected chi connectivity index (χ4v) is 1.63. The van der Waals surface area contributed by atoms with E-state index in [2.05, 4.69) is 15.7 Å². The molecule has 100 valence electrons. The number of aromatic nitrogens is 2. The number of rotatable bonds is 5. The van der Waals surface area contributed by atoms with E-state index in [-0.39, 0.29) is 18.3 Å². The van der Waals surface area contributed by atoms with Crippen molar-refractivity contribution in [1.82, 2.24) is 15.1 Å². The Balaban J connectivity index is 1.76. The molecular weight excluding hydrogens is 247 g/mol. The summed E-state index contributed by atoms with van der Waals surface area (Å²) in [4.78, 5) is 11.6. The van der Waals surface area contributed by atoms with Crippen LogP contribution in [-0.2, 0) is 18.4 Å². The van der Waals surface area contributed by atoms with Crippen LogP contribution in [0, 0.1) is 5.82 Å². The summed E-state index contributed by atoms with van der Waals surface area (Å²) in [6.07, 6.45) is 1.84. The summed E-state index contributed by atoms with van der Waals surface area (Å²) < 4.78 is 14.6. The van der Waals surface area contributed by atoms with Crippen molar-refractivity contribution in [2.75, 3.05) is 11.9 Å². The SMILES string of the molecule is Cn1ccc(CNCC(=O)Nc2cccc(F)c2)n1. The van der Waals surface area contributed by atoms with E-state index in [0.29, 0.717) is 12.2 Å². The quantitative estimate of drug-likeness (QED) is 0.853. The van der Waals surface area contributed by atoms with Gasteiger partial charge >= 0.3 is 0 Å². The summed E-state index contributed by atoms with van der Waals surface area (Å²) in [7, 11) is 1.83. The first-order valence-corrected chi connectivity index (χ1v) is 5.88. The molecule has 0 aliphatic heterocycles. The Morgan fingerprint density at radius 1 is 1.42 bits per heavy atom. The van der Waals surface area contributed by atoms with E-state index in [1.54, 1.807) is 16.8 Å². The van der Waals surface area contributed by atoms with Gasteiger partial charge < -0.3 is 10.6 Å². The van der Waals surface area contributed by atoms with Crippen molar-refractivity contribution in [3.05, 3.63) is 48.0 Å². The predicted octanol–water partition coefficient (Wildman–Crippen LogP) is 1.29. The number of carbonyl (C=O) groups is 1. The van der Waals surface area contributed by atoms with Crippen LogP contribution in [0.15, 0.2) is 36.5 Å². The minimum Gasteiger partial charge on any atom is -0.325 e. The minimum absolute atomic E-state index is 0.146. The van der Waals surface area contributed by atoms with Gasteiger partial charge in [0, 0.05) is 25.5 Å². The standard InChI is InChI=1S/C13H15FN4O/c1-18-6-5-12(17-18)8-15-9-13(19)16-11-4-2-3-10(14)7-11/h2-7,15H,8-9H2,1H3,(H,16,19). The molecule has 0 radical (unpaired) electrons. The van der Waals surface area contributed by atoms with E-state index in [1.807, 2.05) is 19.3 Å². The Labute approximate surface area is 110 Å². The molecule has 0 saturated carbocycles. The molecule has 2 N–H and O–H groups in total. The molecule has 2 rings (SSSR count). The van der Waals surface area contributed by atoms with Crippen molar-refractivity contribution < 1.29 is 9.18 Å². The van der Waals surface area contributed by atoms with Crippen LogP contribution in [0.4, 0.5) is 10.1 Å². The highest BCUT2D eigenvalue weighted by Crippen LogP contribution is 2.08. The number of aryl methyl sites for hydroxylation is 1. The first-order valence-electron chi connectivity index (χ1n) is 5.88. The zero-order chi connectivity index (χ0) is 13.7. The second kappa shape index (κ2) is 6.10. The molecule has 19 heavy (non-hydrogen) atoms. The van der Waals surface area contributed by atoms with Gasteiger partial charge in [0.15, 0.2) is 0 Å². The predicted molar refractivity (Wildman–Crippen MR) is 69.9 cm³/mol. The van der Waals surface area contributed by atoms with Crippen LogP contribution in [0.5, 0.6) is 0 Å². The summed E-state index contributed by atoms with van der Waals surface area (Å²) >= 11 is 0. The van der Waals surface area contributed by atoms with Crippen molar-refractivity contribution in [2.24, 2.45) is 7.05 Å². The van der Waals surface area contributed by atoms with E-state index in [4.69, 9.17) is 0 Å². The minimum atomic E-state index is -0.376. The molecule has 0 bridgehead atoms. The van der Waals surface area contributed by atoms with Gasteiger partial charge in [0.1, 0.15) is 5.82 Å². The number of nitrogens with zero attached hydrogens (tertiary/aromatic N) is 2. The second-order valence-electron chi connectivity index (χ2n) is 4.14. The Morgan fingerprint density at radius 3 is 2.95 bits per heavy atom. The molecule has 0 unspecified atom stereocenters. The van der Waals surface area contributed by atoms with E-state index in [1.165, 1.54) is 12.1 Å². The number of benzene rings is 1. The smallest absolute Gasteiger partial charge is 0.238 e. The zero-order valence-electron chi connectivity index (χ0n) is 10.6. The van der Waals surface area contributed by atoms with E-state index in [9.17, 15) is 9.18 Å². The maximum atomic E-state index is 12.9. The fourth-order valence-electron chi connectivity index (χ4n) is 1.63. The van der Waals surface area contributed by atoms with Crippen molar-refractivity contribution in [3.8, 4) is 0 Å². The molecule has 5 nitrogen and oxygen atoms in total. The van der Waals surface area contributed by atoms with Crippen molar-refractivity contribution in [1.29, 1.82) is 0 Å². The van der Waals surface area contributed by atoms with Crippen LogP contribution >= 0.6 is 0 Å². The normalized spacial score (nSPS) is 10.4. The summed E-state index contributed by atoms with van der Waals surface area (Å²) in [6, 6.07) is 7.66. The first kappa shape index (κ1) is 13.2. The van der Waals surface area contributed by atoms with Gasteiger partial charge in [-0.05, 0) is 24.3 Å². The van der Waals surface area contributed by atoms with Crippen LogP contribution in [0.25, 0.3) is 0 Å². The Kier molecular flexibility index (Phi) is 4.25. The molecule has 1 aromatic heterocycles. The van der Waals surface area contributed by atoms with Gasteiger partial charge in [-0.1, -0.05) is 6.07 Å². The van der Waals surface area contributed by atoms with Gasteiger partial charge in [0.25, 0.3) is 0 Å². The van der Waals surface area contributed by atoms with Crippen molar-refractivity contribution in [2.45, 2.75) is 6.54 Å². The highest BCUT2D eigenvalue weighted by atomic mass is 19.1. The van der Waals surface area contributed by atoms with Gasteiger partial charge in [-0.2, -0.15) is 5.10 Å². The summed E-state index contributed by atoms with van der Waals surface area (Å²) in [5.74, 6) is -0.597. The van der Waals surface area contributed by atoms with Crippen LogP contribution < -0.4 is 10.6 Å². The zero-order valence-corrected chi connectivity index (χ0v) is 10.6. The average molecular weight is 262 g/mol. The maximum absolute atomic E-state index is 12.9. The molecule has 0 atom stereocenters. The van der Waals surface area contributed by atoms with E-state index < -0.39 is 0 Å². The first-order chi connectivity index (χ1) is 9.13. The van der Waals surface area contributed by atoms with E-state index >= 15 is 0 Å². The second-order valence-corrected chi connectivity index (χ2v) is 4.14. The molecule has 0 fully saturated rings. The number of nitrogens with one attached hydrogen (secondary N) is 2. The molecule has 0 saturated heterocycles. The lowest BCUT2D eigenvalue weighted by molar-refractivity contribution is -0.115. The molecule has 1 heterocycles. The summed E-state index contributed by atoms with van der Waals surface area (Å²) in [5.41, 5.74) is 1.31. The van der Waals surface area contributed by atoms with Gasteiger partial charge in [-0.15, -0.1) is 0 Å². The Bertz CT molecular complexity index is 567. The molecule has 0 aliphatic rings. The van der Waals surface area contributed by atoms with Gasteiger partial charge in [0.2, 0.25) is 5.91 Å². The van der Waals surface area contributed by atoms with Gasteiger partial charge in [0.05, 0.1) is 12.2 Å². The third-order valence-corrected chi connectivity index (χ3v) is 2.47. The summed E-state index contributed by atoms with van der Waals surface area (Å²) in [5, 5.41) is 9.75. The highest BCUT2D eigenvalue weighted by Gasteiger charge is 2.03. The average Bonchev–Trinajstić information content (AvgIpc) is 2.75. The third-order valence-electron chi connectivity index (χ3n) is 2.47. The van der Waals surface area contributed by atoms with Crippen molar-refractivity contribution in [3.63, 3.8) is 0 Å². The van der Waals surface area contributed by atoms with Crippen molar-refractivity contribution >= 4 is 11.6 Å². The van der Waals surface area contributed by atoms with Crippen LogP contribution in [0.1, 0.15) is 5.69 Å². The molecule has 2 aromatic rings. The number of halogens is 1. The molecular formula is C13H15FN4O. The Morgan fingerprint density at radius 2 is 2.26 bits per heavy atom. The number of anilines is 1. The lowest BCUT2D eigenvalue weighted by Gasteiger charge is -2.05. The number of carbonyl (C=O) groups excluding carboxylic acids is 1. The Hall–Kier alpha value is -2.21. The van der Waals surface area contributed by atoms with E-state index in [0.717, 1.165) is 5.69 Å². The molecule has 1 amide bonds. The lowest BCUT2D eigenvalue weighted by atomic mass is 10.3. The molecule has 6 heteroatoms. The lowest BCUT2D eigenvalue weighted by Crippen LogP contribution is -2.27. The number of hydrogen-bond donors (Lipinski definition) is 2. The highest BCUT2D eigenvalue weighted by molar-refractivity contribution is 5.92. The fraction of sp³-hybridized carbons (Fsp3) is 0.231. The van der Waals surface area contributed by atoms with Gasteiger partial charge in [-0.25, -0.2) is 4.39 Å². The molecule has 0 spiro atoms. The number of hydrogen-bond acceptors (Lipinski definition) is 3. The third kappa shape index (κ3) is 4.18. The molecule has 0 aliphatic carbocycles. The molecule has 1 aromatic carbocycles. The largest absolute Gasteiger partial charge is 0.325 e. The number of amides is 1. The topological polar surface area (TPSA) is 59.0 Å². The van der Waals surface area contributed by atoms with Crippen LogP contribution in [0.3, 0.4) is 0 Å². The van der Waals surface area contributed by atoms with Crippen LogP contribution in [0.2, 0.25) is 0 Å². The maximum Gasteiger partial charge on any atom is 0.238 e. The van der Waals surface area contributed by atoms with Gasteiger partial charge in [-0.3, -0.25) is 9.48 Å². The van der Waals surface area contributed by atoms with Crippen LogP contribution in [-0.4, -0.2) is 22.2 Å². The summed E-state index contributed by atoms with van der Waals surface area (Å²) in [6.45, 7) is 0.657. The monoisotopic (exact) mass is 262 g/mol.